The molecule has 154 valence electrons. The van der Waals surface area contributed by atoms with Crippen LogP contribution in [0.3, 0.4) is 0 Å². The van der Waals surface area contributed by atoms with E-state index in [1.165, 1.54) is 10.4 Å². The van der Waals surface area contributed by atoms with Crippen molar-refractivity contribution in [1.29, 1.82) is 0 Å². The van der Waals surface area contributed by atoms with Gasteiger partial charge in [0, 0.05) is 32.3 Å². The van der Waals surface area contributed by atoms with Crippen molar-refractivity contribution >= 4 is 27.4 Å². The van der Waals surface area contributed by atoms with Gasteiger partial charge in [0.15, 0.2) is 0 Å². The number of amides is 1. The molecule has 2 aromatic rings. The Labute approximate surface area is 172 Å². The molecule has 1 N–H and O–H groups in total. The third kappa shape index (κ3) is 5.21. The van der Waals surface area contributed by atoms with Gasteiger partial charge in [-0.05, 0) is 45.0 Å². The van der Waals surface area contributed by atoms with E-state index in [9.17, 15) is 13.2 Å². The van der Waals surface area contributed by atoms with Crippen LogP contribution < -0.4 is 10.2 Å². The van der Waals surface area contributed by atoms with E-state index in [0.29, 0.717) is 36.8 Å². The number of allylic oxidation sites excluding steroid dienone is 1. The summed E-state index contributed by atoms with van der Waals surface area (Å²) in [4.78, 5) is 18.6. The van der Waals surface area contributed by atoms with Crippen LogP contribution in [-0.2, 0) is 14.8 Å². The highest BCUT2D eigenvalue weighted by molar-refractivity contribution is 7.89. The zero-order valence-corrected chi connectivity index (χ0v) is 17.7. The van der Waals surface area contributed by atoms with E-state index >= 15 is 0 Å². The van der Waals surface area contributed by atoms with Gasteiger partial charge in [0.25, 0.3) is 0 Å². The van der Waals surface area contributed by atoms with Crippen LogP contribution in [0.15, 0.2) is 59.1 Å². The maximum Gasteiger partial charge on any atom is 0.248 e. The molecule has 1 aromatic heterocycles. The molecule has 29 heavy (non-hydrogen) atoms. The zero-order chi connectivity index (χ0) is 21.0. The van der Waals surface area contributed by atoms with Crippen molar-refractivity contribution in [3.63, 3.8) is 0 Å². The number of benzene rings is 1. The lowest BCUT2D eigenvalue weighted by atomic mass is 10.2. The number of hydrogen-bond acceptors (Lipinski definition) is 5. The molecular weight excluding hydrogens is 388 g/mol. The number of aromatic nitrogens is 1. The Kier molecular flexibility index (Phi) is 6.34. The summed E-state index contributed by atoms with van der Waals surface area (Å²) in [6.45, 7) is 7.57. The molecule has 1 fully saturated rings. The average molecular weight is 415 g/mol. The van der Waals surface area contributed by atoms with Gasteiger partial charge < -0.3 is 10.2 Å². The first-order valence-electron chi connectivity index (χ1n) is 9.49. The van der Waals surface area contributed by atoms with Crippen molar-refractivity contribution in [2.75, 3.05) is 36.4 Å². The third-order valence-corrected chi connectivity index (χ3v) is 6.57. The van der Waals surface area contributed by atoms with E-state index in [1.807, 2.05) is 43.9 Å². The predicted molar refractivity (Wildman–Crippen MR) is 114 cm³/mol. The van der Waals surface area contributed by atoms with Crippen molar-refractivity contribution in [1.82, 2.24) is 9.29 Å². The minimum Gasteiger partial charge on any atom is -0.354 e. The summed E-state index contributed by atoms with van der Waals surface area (Å²) in [6.07, 6.45) is 3.14. The normalized spacial score (nSPS) is 15.1. The molecule has 0 saturated carbocycles. The van der Waals surface area contributed by atoms with Gasteiger partial charge in [-0.2, -0.15) is 4.31 Å². The summed E-state index contributed by atoms with van der Waals surface area (Å²) in [5.41, 5.74) is 2.57. The molecule has 0 radical (unpaired) electrons. The fourth-order valence-corrected chi connectivity index (χ4v) is 4.53. The second-order valence-electron chi connectivity index (χ2n) is 7.32. The maximum absolute atomic E-state index is 12.8. The topological polar surface area (TPSA) is 82.6 Å². The van der Waals surface area contributed by atoms with Crippen LogP contribution in [0, 0.1) is 6.92 Å². The predicted octanol–water partition coefficient (Wildman–Crippen LogP) is 2.81. The Hall–Kier alpha value is -2.71. The standard InChI is InChI=1S/C21H26N4O3S/c1-16(2)14-21(26)23-18-6-9-20(22-15-18)24-10-12-25(13-11-24)29(27,28)19-7-4-17(3)5-8-19/h4-9,14-15H,10-13H2,1-3H3,(H,23,26). The summed E-state index contributed by atoms with van der Waals surface area (Å²) in [6, 6.07) is 10.6. The SMILES string of the molecule is CC(C)=CC(=O)Nc1ccc(N2CCN(S(=O)(=O)c3ccc(C)cc3)CC2)nc1. The molecule has 1 saturated heterocycles. The molecule has 0 aliphatic carbocycles. The molecule has 7 nitrogen and oxygen atoms in total. The van der Waals surface area contributed by atoms with Crippen LogP contribution in [0.25, 0.3) is 0 Å². The molecule has 0 bridgehead atoms. The van der Waals surface area contributed by atoms with E-state index in [2.05, 4.69) is 10.3 Å². The maximum atomic E-state index is 12.8. The summed E-state index contributed by atoms with van der Waals surface area (Å²) in [5.74, 6) is 0.576. The summed E-state index contributed by atoms with van der Waals surface area (Å²) >= 11 is 0. The van der Waals surface area contributed by atoms with Crippen molar-refractivity contribution < 1.29 is 13.2 Å². The summed E-state index contributed by atoms with van der Waals surface area (Å²) in [7, 11) is -3.48. The van der Waals surface area contributed by atoms with Crippen LogP contribution in [0.1, 0.15) is 19.4 Å². The molecule has 1 aliphatic heterocycles. The van der Waals surface area contributed by atoms with E-state index in [0.717, 1.165) is 17.0 Å². The van der Waals surface area contributed by atoms with Gasteiger partial charge in [-0.3, -0.25) is 4.79 Å². The van der Waals surface area contributed by atoms with Crippen LogP contribution >= 0.6 is 0 Å². The zero-order valence-electron chi connectivity index (χ0n) is 16.9. The second-order valence-corrected chi connectivity index (χ2v) is 9.26. The number of anilines is 2. The number of hydrogen-bond donors (Lipinski definition) is 1. The van der Waals surface area contributed by atoms with Crippen molar-refractivity contribution in [3.8, 4) is 0 Å². The Balaban J connectivity index is 1.61. The van der Waals surface area contributed by atoms with Crippen molar-refractivity contribution in [3.05, 3.63) is 59.8 Å². The molecule has 1 aliphatic rings. The first-order chi connectivity index (χ1) is 13.8. The van der Waals surface area contributed by atoms with Gasteiger partial charge in [0.1, 0.15) is 5.82 Å². The first-order valence-corrected chi connectivity index (χ1v) is 10.9. The third-order valence-electron chi connectivity index (χ3n) is 4.66. The number of aryl methyl sites for hydroxylation is 1. The highest BCUT2D eigenvalue weighted by Gasteiger charge is 2.28. The fourth-order valence-electron chi connectivity index (χ4n) is 3.10. The number of carbonyl (C=O) groups is 1. The van der Waals surface area contributed by atoms with Gasteiger partial charge in [-0.1, -0.05) is 23.3 Å². The number of nitrogens with one attached hydrogen (secondary N) is 1. The smallest absolute Gasteiger partial charge is 0.248 e. The lowest BCUT2D eigenvalue weighted by molar-refractivity contribution is -0.111. The number of rotatable bonds is 5. The Morgan fingerprint density at radius 3 is 2.24 bits per heavy atom. The van der Waals surface area contributed by atoms with Crippen LogP contribution in [-0.4, -0.2) is 49.8 Å². The van der Waals surface area contributed by atoms with E-state index in [4.69, 9.17) is 0 Å². The quantitative estimate of drug-likeness (QED) is 0.761. The highest BCUT2D eigenvalue weighted by atomic mass is 32.2. The van der Waals surface area contributed by atoms with Crippen LogP contribution in [0.2, 0.25) is 0 Å². The lowest BCUT2D eigenvalue weighted by Gasteiger charge is -2.34. The van der Waals surface area contributed by atoms with E-state index in [-0.39, 0.29) is 5.91 Å². The van der Waals surface area contributed by atoms with Gasteiger partial charge in [0.05, 0.1) is 16.8 Å². The Bertz CT molecular complexity index is 987. The Morgan fingerprint density at radius 1 is 1.03 bits per heavy atom. The average Bonchev–Trinajstić information content (AvgIpc) is 2.68. The Morgan fingerprint density at radius 2 is 1.69 bits per heavy atom. The van der Waals surface area contributed by atoms with Gasteiger partial charge in [-0.15, -0.1) is 0 Å². The minimum atomic E-state index is -3.48. The molecule has 0 atom stereocenters. The molecular formula is C21H26N4O3S. The first kappa shape index (κ1) is 21.0. The largest absolute Gasteiger partial charge is 0.354 e. The van der Waals surface area contributed by atoms with Crippen molar-refractivity contribution in [2.45, 2.75) is 25.7 Å². The number of nitrogens with zero attached hydrogens (tertiary/aromatic N) is 3. The molecule has 1 amide bonds. The molecule has 2 heterocycles. The van der Waals surface area contributed by atoms with E-state index in [1.54, 1.807) is 24.4 Å². The molecule has 0 spiro atoms. The molecule has 3 rings (SSSR count). The molecule has 1 aromatic carbocycles. The summed E-state index contributed by atoms with van der Waals surface area (Å²) < 4.78 is 27.1. The molecule has 8 heteroatoms. The molecule has 0 unspecified atom stereocenters. The summed E-state index contributed by atoms with van der Waals surface area (Å²) in [5, 5.41) is 2.77. The highest BCUT2D eigenvalue weighted by Crippen LogP contribution is 2.21. The number of sulfonamides is 1. The van der Waals surface area contributed by atoms with E-state index < -0.39 is 10.0 Å². The van der Waals surface area contributed by atoms with Gasteiger partial charge >= 0.3 is 0 Å². The number of carbonyl (C=O) groups excluding carboxylic acids is 1. The van der Waals surface area contributed by atoms with Crippen LogP contribution in [0.4, 0.5) is 11.5 Å². The van der Waals surface area contributed by atoms with Gasteiger partial charge in [-0.25, -0.2) is 13.4 Å². The minimum absolute atomic E-state index is 0.186. The van der Waals surface area contributed by atoms with Crippen LogP contribution in [0.5, 0.6) is 0 Å². The lowest BCUT2D eigenvalue weighted by Crippen LogP contribution is -2.48. The van der Waals surface area contributed by atoms with Gasteiger partial charge in [0.2, 0.25) is 15.9 Å². The monoisotopic (exact) mass is 414 g/mol. The van der Waals surface area contributed by atoms with Crippen molar-refractivity contribution in [2.24, 2.45) is 0 Å². The number of pyridine rings is 1. The fraction of sp³-hybridized carbons (Fsp3) is 0.333. The second kappa shape index (κ2) is 8.75. The number of piperazine rings is 1.